The van der Waals surface area contributed by atoms with Crippen molar-refractivity contribution in [2.45, 2.75) is 38.3 Å². The van der Waals surface area contributed by atoms with Crippen molar-refractivity contribution in [1.29, 1.82) is 0 Å². The summed E-state index contributed by atoms with van der Waals surface area (Å²) in [7, 11) is 1.85. The van der Waals surface area contributed by atoms with E-state index < -0.39 is 0 Å². The first-order chi connectivity index (χ1) is 13.3. The van der Waals surface area contributed by atoms with Crippen molar-refractivity contribution in [3.05, 3.63) is 42.2 Å². The molecule has 2 saturated heterocycles. The van der Waals surface area contributed by atoms with Gasteiger partial charge in [0.05, 0.1) is 6.54 Å². The monoisotopic (exact) mass is 367 g/mol. The third kappa shape index (κ3) is 4.33. The second-order valence-corrected chi connectivity index (χ2v) is 7.43. The molecule has 4 rings (SSSR count). The number of nitrogens with one attached hydrogen (secondary N) is 1. The van der Waals surface area contributed by atoms with Gasteiger partial charge >= 0.3 is 0 Å². The van der Waals surface area contributed by atoms with Gasteiger partial charge in [-0.3, -0.25) is 9.89 Å². The molecule has 0 bridgehead atoms. The molecule has 6 heteroatoms. The van der Waals surface area contributed by atoms with Gasteiger partial charge in [0.1, 0.15) is 5.69 Å². The minimum absolute atomic E-state index is 0.595. The van der Waals surface area contributed by atoms with Crippen molar-refractivity contribution >= 4 is 5.96 Å². The average Bonchev–Trinajstić information content (AvgIpc) is 3.40. The number of guanidine groups is 1. The fourth-order valence-electron chi connectivity index (χ4n) is 4.16. The highest BCUT2D eigenvalue weighted by atomic mass is 16.5. The number of nitrogens with zero attached hydrogens (tertiary/aromatic N) is 4. The van der Waals surface area contributed by atoms with Crippen molar-refractivity contribution in [1.82, 2.24) is 20.3 Å². The van der Waals surface area contributed by atoms with Crippen LogP contribution in [-0.2, 0) is 6.54 Å². The van der Waals surface area contributed by atoms with Crippen molar-refractivity contribution in [2.75, 3.05) is 33.2 Å². The summed E-state index contributed by atoms with van der Waals surface area (Å²) in [5.41, 5.74) is 1.94. The van der Waals surface area contributed by atoms with Crippen LogP contribution < -0.4 is 5.32 Å². The third-order valence-electron chi connectivity index (χ3n) is 5.63. The Balaban J connectivity index is 1.31. The first kappa shape index (κ1) is 18.0. The van der Waals surface area contributed by atoms with Crippen LogP contribution in [0.1, 0.15) is 31.4 Å². The summed E-state index contributed by atoms with van der Waals surface area (Å²) < 4.78 is 5.50. The van der Waals surface area contributed by atoms with Gasteiger partial charge < -0.3 is 14.7 Å². The predicted molar refractivity (Wildman–Crippen MR) is 108 cm³/mol. The number of hydrogen-bond donors (Lipinski definition) is 1. The zero-order valence-electron chi connectivity index (χ0n) is 16.1. The molecule has 2 fully saturated rings. The minimum Gasteiger partial charge on any atom is -0.359 e. The van der Waals surface area contributed by atoms with E-state index in [9.17, 15) is 0 Å². The maximum absolute atomic E-state index is 5.50. The van der Waals surface area contributed by atoms with E-state index in [4.69, 9.17) is 4.52 Å². The SMILES string of the molecule is CN=C(NCc1cc(-c2ccccc2)no1)N1CCC(N2CCCCC2)C1. The van der Waals surface area contributed by atoms with Gasteiger partial charge in [0.2, 0.25) is 0 Å². The lowest BCUT2D eigenvalue weighted by Crippen LogP contribution is -2.44. The zero-order chi connectivity index (χ0) is 18.5. The molecule has 0 aliphatic carbocycles. The highest BCUT2D eigenvalue weighted by molar-refractivity contribution is 5.80. The smallest absolute Gasteiger partial charge is 0.194 e. The zero-order valence-corrected chi connectivity index (χ0v) is 16.1. The predicted octanol–water partition coefficient (Wildman–Crippen LogP) is 2.98. The molecule has 1 aromatic carbocycles. The Morgan fingerprint density at radius 3 is 2.78 bits per heavy atom. The molecular weight excluding hydrogens is 338 g/mol. The number of piperidine rings is 1. The fraction of sp³-hybridized carbons (Fsp3) is 0.524. The van der Waals surface area contributed by atoms with Crippen LogP contribution in [-0.4, -0.2) is 60.2 Å². The van der Waals surface area contributed by atoms with E-state index in [0.717, 1.165) is 36.1 Å². The Morgan fingerprint density at radius 1 is 1.19 bits per heavy atom. The van der Waals surface area contributed by atoms with Crippen LogP contribution >= 0.6 is 0 Å². The molecule has 0 saturated carbocycles. The molecule has 0 radical (unpaired) electrons. The molecule has 1 aromatic heterocycles. The van der Waals surface area contributed by atoms with Crippen LogP contribution in [0.25, 0.3) is 11.3 Å². The molecule has 1 N–H and O–H groups in total. The van der Waals surface area contributed by atoms with Crippen molar-refractivity contribution in [3.8, 4) is 11.3 Å². The first-order valence-corrected chi connectivity index (χ1v) is 10.0. The van der Waals surface area contributed by atoms with Gasteiger partial charge in [-0.1, -0.05) is 41.9 Å². The number of aliphatic imine (C=N–C) groups is 1. The summed E-state index contributed by atoms with van der Waals surface area (Å²) in [4.78, 5) is 9.52. The Hall–Kier alpha value is -2.34. The number of hydrogen-bond acceptors (Lipinski definition) is 4. The lowest BCUT2D eigenvalue weighted by molar-refractivity contribution is 0.168. The Kier molecular flexibility index (Phi) is 5.72. The van der Waals surface area contributed by atoms with E-state index in [2.05, 4.69) is 25.3 Å². The molecule has 2 aromatic rings. The number of benzene rings is 1. The van der Waals surface area contributed by atoms with Crippen molar-refractivity contribution < 1.29 is 4.52 Å². The van der Waals surface area contributed by atoms with Gasteiger partial charge in [0.25, 0.3) is 0 Å². The second kappa shape index (κ2) is 8.57. The van der Waals surface area contributed by atoms with Crippen LogP contribution in [0, 0.1) is 0 Å². The summed E-state index contributed by atoms with van der Waals surface area (Å²) in [5.74, 6) is 1.77. The van der Waals surface area contributed by atoms with Gasteiger partial charge in [0, 0.05) is 37.8 Å². The average molecular weight is 367 g/mol. The fourth-order valence-corrected chi connectivity index (χ4v) is 4.16. The van der Waals surface area contributed by atoms with E-state index in [-0.39, 0.29) is 0 Å². The second-order valence-electron chi connectivity index (χ2n) is 7.43. The molecule has 0 spiro atoms. The lowest BCUT2D eigenvalue weighted by Gasteiger charge is -2.32. The van der Waals surface area contributed by atoms with Crippen molar-refractivity contribution in [2.24, 2.45) is 4.99 Å². The van der Waals surface area contributed by atoms with Gasteiger partial charge in [-0.15, -0.1) is 0 Å². The molecule has 2 aliphatic rings. The number of aromatic nitrogens is 1. The molecular formula is C21H29N5O. The van der Waals surface area contributed by atoms with Gasteiger partial charge in [0.15, 0.2) is 11.7 Å². The van der Waals surface area contributed by atoms with E-state index in [1.54, 1.807) is 0 Å². The molecule has 2 aliphatic heterocycles. The van der Waals surface area contributed by atoms with Gasteiger partial charge in [-0.05, 0) is 32.4 Å². The topological polar surface area (TPSA) is 56.9 Å². The van der Waals surface area contributed by atoms with E-state index in [1.807, 2.05) is 43.4 Å². The van der Waals surface area contributed by atoms with E-state index in [1.165, 1.54) is 38.8 Å². The molecule has 144 valence electrons. The van der Waals surface area contributed by atoms with Gasteiger partial charge in [-0.2, -0.15) is 0 Å². The summed E-state index contributed by atoms with van der Waals surface area (Å²) in [6.45, 7) is 5.23. The Bertz CT molecular complexity index is 751. The molecule has 0 amide bonds. The maximum Gasteiger partial charge on any atom is 0.194 e. The highest BCUT2D eigenvalue weighted by Gasteiger charge is 2.30. The van der Waals surface area contributed by atoms with Crippen LogP contribution in [0.2, 0.25) is 0 Å². The first-order valence-electron chi connectivity index (χ1n) is 10.0. The van der Waals surface area contributed by atoms with Gasteiger partial charge in [-0.25, -0.2) is 0 Å². The maximum atomic E-state index is 5.50. The third-order valence-corrected chi connectivity index (χ3v) is 5.63. The standard InChI is InChI=1S/C21H29N5O/c1-22-21(26-13-10-18(16-26)25-11-6-3-7-12-25)23-15-19-14-20(24-27-19)17-8-4-2-5-9-17/h2,4-5,8-9,14,18H,3,6-7,10-13,15-16H2,1H3,(H,22,23). The lowest BCUT2D eigenvalue weighted by atomic mass is 10.1. The molecule has 27 heavy (non-hydrogen) atoms. The van der Waals surface area contributed by atoms with E-state index in [0.29, 0.717) is 12.6 Å². The van der Waals surface area contributed by atoms with Crippen LogP contribution in [0.3, 0.4) is 0 Å². The largest absolute Gasteiger partial charge is 0.359 e. The summed E-state index contributed by atoms with van der Waals surface area (Å²) in [5, 5.41) is 7.63. The van der Waals surface area contributed by atoms with Crippen molar-refractivity contribution in [3.63, 3.8) is 0 Å². The highest BCUT2D eigenvalue weighted by Crippen LogP contribution is 2.21. The summed E-state index contributed by atoms with van der Waals surface area (Å²) >= 11 is 0. The summed E-state index contributed by atoms with van der Waals surface area (Å²) in [6, 6.07) is 12.8. The number of likely N-dealkylation sites (tertiary alicyclic amines) is 2. The summed E-state index contributed by atoms with van der Waals surface area (Å²) in [6.07, 6.45) is 5.30. The molecule has 1 atom stereocenters. The number of rotatable bonds is 4. The van der Waals surface area contributed by atoms with E-state index >= 15 is 0 Å². The molecule has 6 nitrogen and oxygen atoms in total. The van der Waals surface area contributed by atoms with Crippen LogP contribution in [0.15, 0.2) is 45.9 Å². The minimum atomic E-state index is 0.595. The van der Waals surface area contributed by atoms with Crippen LogP contribution in [0.5, 0.6) is 0 Å². The Labute approximate surface area is 161 Å². The Morgan fingerprint density at radius 2 is 2.00 bits per heavy atom. The normalized spacial score (nSPS) is 21.6. The quantitative estimate of drug-likeness (QED) is 0.665. The van der Waals surface area contributed by atoms with Crippen LogP contribution in [0.4, 0.5) is 0 Å². The molecule has 3 heterocycles. The molecule has 1 unspecified atom stereocenters.